The largest absolute Gasteiger partial charge is 0.370 e. The van der Waals surface area contributed by atoms with Crippen LogP contribution in [0.4, 0.5) is 0 Å². The van der Waals surface area contributed by atoms with E-state index in [2.05, 4.69) is 10.6 Å². The molecule has 0 aliphatic carbocycles. The highest BCUT2D eigenvalue weighted by molar-refractivity contribution is 7.11. The van der Waals surface area contributed by atoms with Gasteiger partial charge in [0.05, 0.1) is 6.42 Å². The molecule has 20 heavy (non-hydrogen) atoms. The number of amides is 3. The molecule has 4 N–H and O–H groups in total. The van der Waals surface area contributed by atoms with Crippen LogP contribution in [-0.4, -0.2) is 30.8 Å². The topological polar surface area (TPSA) is 101 Å². The first kappa shape index (κ1) is 15.9. The Hall–Kier alpha value is -2.15. The highest BCUT2D eigenvalue weighted by atomic mass is 32.1. The Morgan fingerprint density at radius 3 is 2.65 bits per heavy atom. The number of carbonyl (C=O) groups excluding carboxylic acids is 3. The first-order valence-corrected chi connectivity index (χ1v) is 6.84. The van der Waals surface area contributed by atoms with E-state index in [0.29, 0.717) is 0 Å². The zero-order chi connectivity index (χ0) is 15.1. The lowest BCUT2D eigenvalue weighted by Gasteiger charge is -2.14. The molecular formula is C13H17N3O3S. The molecule has 0 radical (unpaired) electrons. The zero-order valence-electron chi connectivity index (χ0n) is 11.3. The van der Waals surface area contributed by atoms with E-state index >= 15 is 0 Å². The molecule has 0 fully saturated rings. The third-order valence-electron chi connectivity index (χ3n) is 2.57. The molecule has 0 saturated heterocycles. The molecule has 0 aromatic carbocycles. The average Bonchev–Trinajstić information content (AvgIpc) is 2.79. The second-order valence-corrected chi connectivity index (χ2v) is 5.09. The molecule has 0 unspecified atom stereocenters. The van der Waals surface area contributed by atoms with E-state index in [1.807, 2.05) is 18.4 Å². The van der Waals surface area contributed by atoms with Gasteiger partial charge in [0.15, 0.2) is 0 Å². The van der Waals surface area contributed by atoms with Crippen molar-refractivity contribution in [2.45, 2.75) is 19.4 Å². The van der Waals surface area contributed by atoms with Gasteiger partial charge in [-0.25, -0.2) is 0 Å². The minimum atomic E-state index is -0.959. The van der Waals surface area contributed by atoms with Crippen LogP contribution in [0.25, 0.3) is 6.08 Å². The molecule has 108 valence electrons. The molecule has 0 aliphatic heterocycles. The van der Waals surface area contributed by atoms with Crippen LogP contribution in [0, 0.1) is 6.92 Å². The van der Waals surface area contributed by atoms with Crippen molar-refractivity contribution in [2.75, 3.05) is 7.05 Å². The molecule has 6 nitrogen and oxygen atoms in total. The van der Waals surface area contributed by atoms with Gasteiger partial charge in [0.1, 0.15) is 6.04 Å². The number of aryl methyl sites for hydroxylation is 1. The smallest absolute Gasteiger partial charge is 0.244 e. The fourth-order valence-electron chi connectivity index (χ4n) is 1.51. The number of carbonyl (C=O) groups is 3. The number of hydrogen-bond donors (Lipinski definition) is 3. The van der Waals surface area contributed by atoms with Gasteiger partial charge in [-0.2, -0.15) is 0 Å². The number of rotatable bonds is 6. The van der Waals surface area contributed by atoms with Crippen molar-refractivity contribution >= 4 is 35.1 Å². The van der Waals surface area contributed by atoms with Gasteiger partial charge in [-0.1, -0.05) is 0 Å². The molecule has 0 spiro atoms. The van der Waals surface area contributed by atoms with E-state index in [1.54, 1.807) is 6.08 Å². The number of thiophene rings is 1. The Balaban J connectivity index is 2.66. The summed E-state index contributed by atoms with van der Waals surface area (Å²) in [5, 5.41) is 6.74. The zero-order valence-corrected chi connectivity index (χ0v) is 12.1. The highest BCUT2D eigenvalue weighted by Crippen LogP contribution is 2.16. The Labute approximate surface area is 121 Å². The molecule has 1 heterocycles. The minimum Gasteiger partial charge on any atom is -0.370 e. The van der Waals surface area contributed by atoms with E-state index in [9.17, 15) is 14.4 Å². The Bertz CT molecular complexity index is 537. The second-order valence-electron chi connectivity index (χ2n) is 4.15. The maximum absolute atomic E-state index is 11.7. The van der Waals surface area contributed by atoms with E-state index in [-0.39, 0.29) is 6.42 Å². The summed E-state index contributed by atoms with van der Waals surface area (Å²) in [5.41, 5.74) is 6.11. The van der Waals surface area contributed by atoms with Gasteiger partial charge in [-0.3, -0.25) is 14.4 Å². The van der Waals surface area contributed by atoms with Crippen LogP contribution in [-0.2, 0) is 14.4 Å². The fraction of sp³-hybridized carbons (Fsp3) is 0.308. The van der Waals surface area contributed by atoms with Crippen LogP contribution in [0.15, 0.2) is 17.5 Å². The Kier molecular flexibility index (Phi) is 5.92. The standard InChI is InChI=1S/C13H17N3O3S/c1-8-5-6-20-10(8)3-4-12(18)16-9(7-11(14)17)13(19)15-2/h3-6,9H,7H2,1-2H3,(H2,14,17)(H,15,19)(H,16,18)/b4-3+/t9-/m0/s1. The predicted molar refractivity (Wildman–Crippen MR) is 77.9 cm³/mol. The highest BCUT2D eigenvalue weighted by Gasteiger charge is 2.20. The van der Waals surface area contributed by atoms with E-state index < -0.39 is 23.8 Å². The Morgan fingerprint density at radius 2 is 2.15 bits per heavy atom. The van der Waals surface area contributed by atoms with Gasteiger partial charge in [-0.15, -0.1) is 11.3 Å². The summed E-state index contributed by atoms with van der Waals surface area (Å²) >= 11 is 1.51. The molecular weight excluding hydrogens is 278 g/mol. The average molecular weight is 295 g/mol. The molecule has 0 aliphatic rings. The van der Waals surface area contributed by atoms with Crippen molar-refractivity contribution in [3.05, 3.63) is 28.0 Å². The van der Waals surface area contributed by atoms with Crippen molar-refractivity contribution in [3.8, 4) is 0 Å². The van der Waals surface area contributed by atoms with Crippen LogP contribution in [0.2, 0.25) is 0 Å². The number of likely N-dealkylation sites (N-methyl/N-ethyl adjacent to an activating group) is 1. The fourth-order valence-corrected chi connectivity index (χ4v) is 2.33. The van der Waals surface area contributed by atoms with Gasteiger partial charge in [-0.05, 0) is 30.0 Å². The maximum Gasteiger partial charge on any atom is 0.244 e. The second kappa shape index (κ2) is 7.44. The summed E-state index contributed by atoms with van der Waals surface area (Å²) < 4.78 is 0. The molecule has 1 aromatic rings. The van der Waals surface area contributed by atoms with Crippen LogP contribution in [0.3, 0.4) is 0 Å². The van der Waals surface area contributed by atoms with Crippen molar-refractivity contribution in [1.82, 2.24) is 10.6 Å². The van der Waals surface area contributed by atoms with Gasteiger partial charge in [0.2, 0.25) is 17.7 Å². The molecule has 3 amide bonds. The van der Waals surface area contributed by atoms with Gasteiger partial charge in [0.25, 0.3) is 0 Å². The van der Waals surface area contributed by atoms with E-state index in [0.717, 1.165) is 10.4 Å². The number of primary amides is 1. The first-order chi connectivity index (χ1) is 9.43. The monoisotopic (exact) mass is 295 g/mol. The molecule has 0 saturated carbocycles. The Morgan fingerprint density at radius 1 is 1.45 bits per heavy atom. The van der Waals surface area contributed by atoms with Gasteiger partial charge < -0.3 is 16.4 Å². The summed E-state index contributed by atoms with van der Waals surface area (Å²) in [6.07, 6.45) is 2.76. The third-order valence-corrected chi connectivity index (χ3v) is 3.56. The first-order valence-electron chi connectivity index (χ1n) is 5.96. The summed E-state index contributed by atoms with van der Waals surface area (Å²) in [6, 6.07) is 0.988. The molecule has 1 rings (SSSR count). The lowest BCUT2D eigenvalue weighted by Crippen LogP contribution is -2.47. The lowest BCUT2D eigenvalue weighted by atomic mass is 10.2. The van der Waals surface area contributed by atoms with Crippen LogP contribution < -0.4 is 16.4 Å². The van der Waals surface area contributed by atoms with Crippen molar-refractivity contribution in [1.29, 1.82) is 0 Å². The van der Waals surface area contributed by atoms with Gasteiger partial charge >= 0.3 is 0 Å². The molecule has 0 bridgehead atoms. The SMILES string of the molecule is CNC(=O)[C@H](CC(N)=O)NC(=O)/C=C/c1sccc1C. The quantitative estimate of drug-likeness (QED) is 0.652. The van der Waals surface area contributed by atoms with E-state index in [1.165, 1.54) is 24.5 Å². The van der Waals surface area contributed by atoms with E-state index in [4.69, 9.17) is 5.73 Å². The lowest BCUT2D eigenvalue weighted by molar-refractivity contribution is -0.129. The van der Waals surface area contributed by atoms with Crippen LogP contribution in [0.5, 0.6) is 0 Å². The van der Waals surface area contributed by atoms with Crippen LogP contribution >= 0.6 is 11.3 Å². The minimum absolute atomic E-state index is 0.239. The predicted octanol–water partition coefficient (Wildman–Crippen LogP) is 0.176. The summed E-state index contributed by atoms with van der Waals surface area (Å²) in [5.74, 6) is -1.57. The molecule has 1 atom stereocenters. The van der Waals surface area contributed by atoms with Crippen LogP contribution in [0.1, 0.15) is 16.9 Å². The number of hydrogen-bond acceptors (Lipinski definition) is 4. The summed E-state index contributed by atoms with van der Waals surface area (Å²) in [7, 11) is 1.42. The normalized spacial score (nSPS) is 12.1. The summed E-state index contributed by atoms with van der Waals surface area (Å²) in [4.78, 5) is 35.1. The number of nitrogens with two attached hydrogens (primary N) is 1. The maximum atomic E-state index is 11.7. The third kappa shape index (κ3) is 4.85. The van der Waals surface area contributed by atoms with Crippen molar-refractivity contribution in [3.63, 3.8) is 0 Å². The number of nitrogens with one attached hydrogen (secondary N) is 2. The summed E-state index contributed by atoms with van der Waals surface area (Å²) in [6.45, 7) is 1.94. The van der Waals surface area contributed by atoms with Gasteiger partial charge in [0, 0.05) is 18.0 Å². The van der Waals surface area contributed by atoms with Crippen molar-refractivity contribution in [2.24, 2.45) is 5.73 Å². The van der Waals surface area contributed by atoms with Crippen molar-refractivity contribution < 1.29 is 14.4 Å². The molecule has 7 heteroatoms. The molecule has 1 aromatic heterocycles.